The van der Waals surface area contributed by atoms with Crippen LogP contribution in [0.25, 0.3) is 0 Å². The number of benzene rings is 1. The van der Waals surface area contributed by atoms with Gasteiger partial charge in [0.25, 0.3) is 0 Å². The van der Waals surface area contributed by atoms with Crippen LogP contribution in [0.3, 0.4) is 0 Å². The molecule has 0 amide bonds. The molecule has 0 aliphatic rings. The summed E-state index contributed by atoms with van der Waals surface area (Å²) < 4.78 is 5.16. The van der Waals surface area contributed by atoms with Gasteiger partial charge in [0.1, 0.15) is 11.5 Å². The molecule has 70 valence electrons. The first-order valence-corrected chi connectivity index (χ1v) is 4.26. The van der Waals surface area contributed by atoms with Crippen molar-refractivity contribution in [1.29, 1.82) is 0 Å². The van der Waals surface area contributed by atoms with Crippen molar-refractivity contribution >= 4 is 5.78 Å². The summed E-state index contributed by atoms with van der Waals surface area (Å²) in [6, 6.07) is 5.84. The fraction of sp³-hybridized carbons (Fsp3) is 0.364. The van der Waals surface area contributed by atoms with Crippen LogP contribution in [0.4, 0.5) is 0 Å². The highest BCUT2D eigenvalue weighted by molar-refractivity contribution is 5.78. The molecule has 1 aromatic rings. The highest BCUT2D eigenvalue weighted by atomic mass is 16.5. The summed E-state index contributed by atoms with van der Waals surface area (Å²) in [7, 11) is 1.64. The second-order valence-electron chi connectivity index (χ2n) is 3.18. The lowest BCUT2D eigenvalue weighted by molar-refractivity contribution is -0.116. The molecule has 0 bridgehead atoms. The summed E-state index contributed by atoms with van der Waals surface area (Å²) in [5, 5.41) is 0. The fourth-order valence-electron chi connectivity index (χ4n) is 1.26. The van der Waals surface area contributed by atoms with Crippen LogP contribution < -0.4 is 4.74 Å². The van der Waals surface area contributed by atoms with Crippen LogP contribution in [0, 0.1) is 6.92 Å². The first kappa shape index (κ1) is 9.78. The number of hydrogen-bond acceptors (Lipinski definition) is 2. The maximum atomic E-state index is 10.9. The Balaban J connectivity index is 2.92. The third-order valence-electron chi connectivity index (χ3n) is 1.93. The topological polar surface area (TPSA) is 26.3 Å². The average Bonchev–Trinajstić information content (AvgIpc) is 2.07. The second-order valence-corrected chi connectivity index (χ2v) is 3.18. The number of rotatable bonds is 3. The zero-order valence-electron chi connectivity index (χ0n) is 8.26. The van der Waals surface area contributed by atoms with E-state index in [4.69, 9.17) is 4.74 Å². The average molecular weight is 178 g/mol. The summed E-state index contributed by atoms with van der Waals surface area (Å²) in [5.74, 6) is 1.02. The van der Waals surface area contributed by atoms with Crippen LogP contribution >= 0.6 is 0 Å². The van der Waals surface area contributed by atoms with Crippen LogP contribution in [0.1, 0.15) is 18.1 Å². The Kier molecular flexibility index (Phi) is 3.07. The van der Waals surface area contributed by atoms with Gasteiger partial charge in [0.2, 0.25) is 0 Å². The van der Waals surface area contributed by atoms with Gasteiger partial charge in [0.05, 0.1) is 7.11 Å². The largest absolute Gasteiger partial charge is 0.496 e. The third-order valence-corrected chi connectivity index (χ3v) is 1.93. The van der Waals surface area contributed by atoms with Crippen molar-refractivity contribution in [1.82, 2.24) is 0 Å². The Morgan fingerprint density at radius 3 is 2.69 bits per heavy atom. The summed E-state index contributed by atoms with van der Waals surface area (Å²) in [6.07, 6.45) is 0.483. The lowest BCUT2D eigenvalue weighted by Crippen LogP contribution is -1.97. The summed E-state index contributed by atoms with van der Waals surface area (Å²) in [4.78, 5) is 10.9. The molecule has 0 radical (unpaired) electrons. The van der Waals surface area contributed by atoms with E-state index in [1.165, 1.54) is 0 Å². The maximum absolute atomic E-state index is 10.9. The molecule has 0 saturated heterocycles. The van der Waals surface area contributed by atoms with E-state index in [1.54, 1.807) is 14.0 Å². The maximum Gasteiger partial charge on any atom is 0.134 e. The molecule has 0 spiro atoms. The quantitative estimate of drug-likeness (QED) is 0.708. The van der Waals surface area contributed by atoms with Crippen LogP contribution in [0.5, 0.6) is 5.75 Å². The van der Waals surface area contributed by atoms with Crippen LogP contribution in [0.2, 0.25) is 0 Å². The summed E-state index contributed by atoms with van der Waals surface area (Å²) in [6.45, 7) is 3.57. The van der Waals surface area contributed by atoms with E-state index in [2.05, 4.69) is 0 Å². The first-order chi connectivity index (χ1) is 6.13. The molecular weight excluding hydrogens is 164 g/mol. The van der Waals surface area contributed by atoms with Crippen molar-refractivity contribution in [3.63, 3.8) is 0 Å². The number of aryl methyl sites for hydroxylation is 1. The number of ether oxygens (including phenoxy) is 1. The zero-order chi connectivity index (χ0) is 9.84. The molecule has 0 aromatic heterocycles. The Bertz CT molecular complexity index is 316. The van der Waals surface area contributed by atoms with Gasteiger partial charge in [0.15, 0.2) is 0 Å². The minimum Gasteiger partial charge on any atom is -0.496 e. The van der Waals surface area contributed by atoms with E-state index < -0.39 is 0 Å². The predicted molar refractivity (Wildman–Crippen MR) is 52.1 cm³/mol. The van der Waals surface area contributed by atoms with Crippen molar-refractivity contribution in [3.05, 3.63) is 29.3 Å². The molecule has 0 fully saturated rings. The molecule has 0 saturated carbocycles. The van der Waals surface area contributed by atoms with Gasteiger partial charge in [-0.25, -0.2) is 0 Å². The standard InChI is InChI=1S/C11H14O2/c1-8-4-5-10(6-9(2)12)7-11(8)13-3/h4-5,7H,6H2,1-3H3. The van der Waals surface area contributed by atoms with Crippen molar-refractivity contribution in [2.75, 3.05) is 7.11 Å². The lowest BCUT2D eigenvalue weighted by atomic mass is 10.1. The smallest absolute Gasteiger partial charge is 0.134 e. The molecule has 1 aromatic carbocycles. The van der Waals surface area contributed by atoms with Crippen molar-refractivity contribution in [2.45, 2.75) is 20.3 Å². The molecule has 0 aliphatic heterocycles. The molecule has 0 aliphatic carbocycles. The summed E-state index contributed by atoms with van der Waals surface area (Å²) in [5.41, 5.74) is 2.10. The SMILES string of the molecule is COc1cc(CC(C)=O)ccc1C. The molecule has 0 atom stereocenters. The molecule has 2 heteroatoms. The van der Waals surface area contributed by atoms with Crippen LogP contribution in [0.15, 0.2) is 18.2 Å². The molecule has 13 heavy (non-hydrogen) atoms. The van der Waals surface area contributed by atoms with Gasteiger partial charge in [-0.1, -0.05) is 12.1 Å². The monoisotopic (exact) mass is 178 g/mol. The lowest BCUT2D eigenvalue weighted by Gasteiger charge is -2.06. The highest BCUT2D eigenvalue weighted by Gasteiger charge is 2.01. The number of hydrogen-bond donors (Lipinski definition) is 0. The van der Waals surface area contributed by atoms with Crippen LogP contribution in [-0.4, -0.2) is 12.9 Å². The fourth-order valence-corrected chi connectivity index (χ4v) is 1.26. The van der Waals surface area contributed by atoms with E-state index >= 15 is 0 Å². The van der Waals surface area contributed by atoms with Crippen LogP contribution in [-0.2, 0) is 11.2 Å². The predicted octanol–water partition coefficient (Wildman–Crippen LogP) is 2.14. The Hall–Kier alpha value is -1.31. The molecular formula is C11H14O2. The Labute approximate surface area is 78.5 Å². The zero-order valence-corrected chi connectivity index (χ0v) is 8.26. The first-order valence-electron chi connectivity index (χ1n) is 4.26. The number of carbonyl (C=O) groups is 1. The molecule has 0 heterocycles. The summed E-state index contributed by atoms with van der Waals surface area (Å²) >= 11 is 0. The van der Waals surface area contributed by atoms with E-state index in [0.29, 0.717) is 6.42 Å². The van der Waals surface area contributed by atoms with Gasteiger partial charge < -0.3 is 4.74 Å². The highest BCUT2D eigenvalue weighted by Crippen LogP contribution is 2.19. The third kappa shape index (κ3) is 2.58. The minimum atomic E-state index is 0.172. The van der Waals surface area contributed by atoms with Gasteiger partial charge in [-0.05, 0) is 31.0 Å². The van der Waals surface area contributed by atoms with Crippen molar-refractivity contribution < 1.29 is 9.53 Å². The Morgan fingerprint density at radius 1 is 1.46 bits per heavy atom. The molecule has 0 N–H and O–H groups in total. The van der Waals surface area contributed by atoms with Gasteiger partial charge in [-0.2, -0.15) is 0 Å². The van der Waals surface area contributed by atoms with E-state index in [-0.39, 0.29) is 5.78 Å². The van der Waals surface area contributed by atoms with Gasteiger partial charge in [-0.15, -0.1) is 0 Å². The second kappa shape index (κ2) is 4.08. The molecule has 2 nitrogen and oxygen atoms in total. The Morgan fingerprint density at radius 2 is 2.15 bits per heavy atom. The van der Waals surface area contributed by atoms with E-state index in [1.807, 2.05) is 25.1 Å². The van der Waals surface area contributed by atoms with E-state index in [0.717, 1.165) is 16.9 Å². The van der Waals surface area contributed by atoms with Crippen molar-refractivity contribution in [3.8, 4) is 5.75 Å². The van der Waals surface area contributed by atoms with Gasteiger partial charge >= 0.3 is 0 Å². The normalized spacial score (nSPS) is 9.77. The van der Waals surface area contributed by atoms with E-state index in [9.17, 15) is 4.79 Å². The van der Waals surface area contributed by atoms with Crippen molar-refractivity contribution in [2.24, 2.45) is 0 Å². The number of ketones is 1. The van der Waals surface area contributed by atoms with Gasteiger partial charge in [-0.3, -0.25) is 4.79 Å². The number of methoxy groups -OCH3 is 1. The number of carbonyl (C=O) groups excluding carboxylic acids is 1. The molecule has 0 unspecified atom stereocenters. The minimum absolute atomic E-state index is 0.172. The van der Waals surface area contributed by atoms with Gasteiger partial charge in [0, 0.05) is 6.42 Å². The molecule has 1 rings (SSSR count). The number of Topliss-reactive ketones (excluding diaryl/α,β-unsaturated/α-hetero) is 1.